The highest BCUT2D eigenvalue weighted by Crippen LogP contribution is 2.28. The van der Waals surface area contributed by atoms with Crippen molar-refractivity contribution in [2.75, 3.05) is 19.6 Å². The summed E-state index contributed by atoms with van der Waals surface area (Å²) in [6.45, 7) is 3.31. The van der Waals surface area contributed by atoms with Crippen molar-refractivity contribution < 1.29 is 9.53 Å². The third-order valence-electron chi connectivity index (χ3n) is 5.03. The number of nitrogens with one attached hydrogen (secondary N) is 1. The maximum Gasteiger partial charge on any atom is 0.251 e. The highest BCUT2D eigenvalue weighted by molar-refractivity contribution is 6.29. The molecule has 3 fully saturated rings. The van der Waals surface area contributed by atoms with Crippen molar-refractivity contribution in [2.24, 2.45) is 5.92 Å². The number of halogens is 1. The first-order chi connectivity index (χ1) is 12.2. The zero-order chi connectivity index (χ0) is 17.2. The van der Waals surface area contributed by atoms with Gasteiger partial charge in [0.25, 0.3) is 5.91 Å². The maximum atomic E-state index is 12.5. The molecule has 0 aliphatic carbocycles. The minimum atomic E-state index is -0.0153. The van der Waals surface area contributed by atoms with Gasteiger partial charge in [-0.15, -0.1) is 0 Å². The first-order valence-electron chi connectivity index (χ1n) is 8.60. The molecule has 5 rings (SSSR count). The molecule has 1 atom stereocenters. The Balaban J connectivity index is 1.38. The van der Waals surface area contributed by atoms with Crippen LogP contribution in [0.25, 0.3) is 0 Å². The summed E-state index contributed by atoms with van der Waals surface area (Å²) in [5, 5.41) is 3.62. The number of benzene rings is 1. The van der Waals surface area contributed by atoms with Gasteiger partial charge in [0.1, 0.15) is 16.7 Å². The summed E-state index contributed by atoms with van der Waals surface area (Å²) in [4.78, 5) is 18.9. The number of carbonyl (C=O) groups is 1. The van der Waals surface area contributed by atoms with E-state index in [0.29, 0.717) is 28.1 Å². The molecule has 2 aromatic rings. The minimum Gasteiger partial charge on any atom is -0.456 e. The van der Waals surface area contributed by atoms with Crippen LogP contribution < -0.4 is 10.1 Å². The van der Waals surface area contributed by atoms with Gasteiger partial charge in [-0.3, -0.25) is 4.79 Å². The largest absolute Gasteiger partial charge is 0.456 e. The van der Waals surface area contributed by atoms with Crippen molar-refractivity contribution in [1.29, 1.82) is 0 Å². The summed E-state index contributed by atoms with van der Waals surface area (Å²) in [7, 11) is 0. The average Bonchev–Trinajstić information content (AvgIpc) is 2.65. The first kappa shape index (κ1) is 16.4. The van der Waals surface area contributed by atoms with Crippen molar-refractivity contribution >= 4 is 17.5 Å². The Morgan fingerprint density at radius 3 is 2.44 bits per heavy atom. The third-order valence-corrected chi connectivity index (χ3v) is 5.25. The Morgan fingerprint density at radius 1 is 1.12 bits per heavy atom. The monoisotopic (exact) mass is 357 g/mol. The summed E-state index contributed by atoms with van der Waals surface area (Å²) in [5.74, 6) is 1.87. The molecule has 2 bridgehead atoms. The molecule has 6 heteroatoms. The zero-order valence-corrected chi connectivity index (χ0v) is 14.6. The molecule has 3 aliphatic heterocycles. The number of pyridine rings is 1. The summed E-state index contributed by atoms with van der Waals surface area (Å²) in [6, 6.07) is 10.9. The lowest BCUT2D eigenvalue weighted by Crippen LogP contribution is -2.57. The van der Waals surface area contributed by atoms with Crippen LogP contribution in [0, 0.1) is 5.92 Å². The van der Waals surface area contributed by atoms with Gasteiger partial charge in [-0.2, -0.15) is 0 Å². The van der Waals surface area contributed by atoms with Crippen LogP contribution in [0.3, 0.4) is 0 Å². The fraction of sp³-hybridized carbons (Fsp3) is 0.368. The Kier molecular flexibility index (Phi) is 4.59. The van der Waals surface area contributed by atoms with E-state index >= 15 is 0 Å². The Labute approximate surface area is 152 Å². The molecule has 0 radical (unpaired) electrons. The molecule has 1 N–H and O–H groups in total. The van der Waals surface area contributed by atoms with Crippen LogP contribution in [0.5, 0.6) is 11.5 Å². The van der Waals surface area contributed by atoms with E-state index < -0.39 is 0 Å². The smallest absolute Gasteiger partial charge is 0.251 e. The molecule has 25 heavy (non-hydrogen) atoms. The van der Waals surface area contributed by atoms with Gasteiger partial charge in [-0.25, -0.2) is 4.98 Å². The molecule has 130 valence electrons. The summed E-state index contributed by atoms with van der Waals surface area (Å²) in [5.41, 5.74) is 0.651. The lowest BCUT2D eigenvalue weighted by atomic mass is 9.84. The van der Waals surface area contributed by atoms with Crippen LogP contribution in [0.4, 0.5) is 0 Å². The van der Waals surface area contributed by atoms with Gasteiger partial charge in [-0.05, 0) is 68.2 Å². The van der Waals surface area contributed by atoms with Crippen LogP contribution in [0.1, 0.15) is 23.2 Å². The van der Waals surface area contributed by atoms with E-state index in [2.05, 4.69) is 15.2 Å². The summed E-state index contributed by atoms with van der Waals surface area (Å²) in [6.07, 6.45) is 3.94. The van der Waals surface area contributed by atoms with Crippen molar-refractivity contribution in [3.05, 3.63) is 53.3 Å². The van der Waals surface area contributed by atoms with Crippen molar-refractivity contribution in [3.63, 3.8) is 0 Å². The van der Waals surface area contributed by atoms with Crippen LogP contribution in [0.15, 0.2) is 42.6 Å². The number of amides is 1. The van der Waals surface area contributed by atoms with Crippen LogP contribution in [0.2, 0.25) is 5.15 Å². The number of fused-ring (bicyclic) bond motifs is 3. The molecular formula is C19H20ClN3O2. The lowest BCUT2D eigenvalue weighted by Gasteiger charge is -2.44. The van der Waals surface area contributed by atoms with E-state index in [1.807, 2.05) is 0 Å². The van der Waals surface area contributed by atoms with E-state index in [0.717, 1.165) is 6.54 Å². The number of nitrogens with zero attached hydrogens (tertiary/aromatic N) is 2. The topological polar surface area (TPSA) is 54.5 Å². The number of hydrogen-bond acceptors (Lipinski definition) is 4. The Morgan fingerprint density at radius 2 is 1.84 bits per heavy atom. The fourth-order valence-corrected chi connectivity index (χ4v) is 3.73. The molecule has 1 unspecified atom stereocenters. The normalized spacial score (nSPS) is 24.8. The number of rotatable bonds is 4. The van der Waals surface area contributed by atoms with Crippen molar-refractivity contribution in [3.8, 4) is 11.5 Å². The second-order valence-electron chi connectivity index (χ2n) is 6.66. The molecule has 3 saturated heterocycles. The van der Waals surface area contributed by atoms with Gasteiger partial charge in [0.2, 0.25) is 0 Å². The Bertz CT molecular complexity index is 740. The number of carbonyl (C=O) groups excluding carboxylic acids is 1. The average molecular weight is 358 g/mol. The predicted octanol–water partition coefficient (Wildman–Crippen LogP) is 3.35. The van der Waals surface area contributed by atoms with Crippen LogP contribution in [-0.2, 0) is 0 Å². The van der Waals surface area contributed by atoms with Gasteiger partial charge < -0.3 is 15.0 Å². The molecule has 1 aromatic heterocycles. The Hall–Kier alpha value is -2.11. The molecular weight excluding hydrogens is 338 g/mol. The standard InChI is InChI=1S/C19H20ClN3O2/c20-18-6-5-16(11-21-18)25-15-3-1-14(2-4-15)19(24)22-17-12-23-9-7-13(17)8-10-23/h1-6,11,13,17H,7-10,12H2,(H,22,24). The molecule has 1 amide bonds. The molecule has 5 nitrogen and oxygen atoms in total. The van der Waals surface area contributed by atoms with E-state index in [1.165, 1.54) is 25.9 Å². The van der Waals surface area contributed by atoms with Crippen molar-refractivity contribution in [1.82, 2.24) is 15.2 Å². The highest BCUT2D eigenvalue weighted by Gasteiger charge is 2.34. The number of piperidine rings is 3. The first-order valence-corrected chi connectivity index (χ1v) is 8.98. The zero-order valence-electron chi connectivity index (χ0n) is 13.8. The van der Waals surface area contributed by atoms with Gasteiger partial charge in [-0.1, -0.05) is 11.6 Å². The second-order valence-corrected chi connectivity index (χ2v) is 7.05. The minimum absolute atomic E-state index is 0.0153. The molecule has 4 heterocycles. The van der Waals surface area contributed by atoms with Gasteiger partial charge in [0, 0.05) is 18.2 Å². The quantitative estimate of drug-likeness (QED) is 0.852. The van der Waals surface area contributed by atoms with E-state index in [4.69, 9.17) is 16.3 Å². The van der Waals surface area contributed by atoms with Gasteiger partial charge in [0.05, 0.1) is 6.20 Å². The number of aromatic nitrogens is 1. The second kappa shape index (κ2) is 7.02. The molecule has 3 aliphatic rings. The number of ether oxygens (including phenoxy) is 1. The van der Waals surface area contributed by atoms with Gasteiger partial charge in [0.15, 0.2) is 0 Å². The van der Waals surface area contributed by atoms with E-state index in [-0.39, 0.29) is 11.9 Å². The fourth-order valence-electron chi connectivity index (χ4n) is 3.61. The van der Waals surface area contributed by atoms with Gasteiger partial charge >= 0.3 is 0 Å². The molecule has 0 saturated carbocycles. The van der Waals surface area contributed by atoms with Crippen LogP contribution >= 0.6 is 11.6 Å². The van der Waals surface area contributed by atoms with Crippen LogP contribution in [-0.4, -0.2) is 41.5 Å². The molecule has 0 spiro atoms. The number of hydrogen-bond donors (Lipinski definition) is 1. The third kappa shape index (κ3) is 3.78. The SMILES string of the molecule is O=C(NC1CN2CCC1CC2)c1ccc(Oc2ccc(Cl)nc2)cc1. The van der Waals surface area contributed by atoms with E-state index in [9.17, 15) is 4.79 Å². The lowest BCUT2D eigenvalue weighted by molar-refractivity contribution is 0.0620. The summed E-state index contributed by atoms with van der Waals surface area (Å²) < 4.78 is 5.70. The predicted molar refractivity (Wildman–Crippen MR) is 96.2 cm³/mol. The summed E-state index contributed by atoms with van der Waals surface area (Å²) >= 11 is 5.76. The highest BCUT2D eigenvalue weighted by atomic mass is 35.5. The maximum absolute atomic E-state index is 12.5. The van der Waals surface area contributed by atoms with Crippen molar-refractivity contribution in [2.45, 2.75) is 18.9 Å². The van der Waals surface area contributed by atoms with E-state index in [1.54, 1.807) is 42.6 Å². The molecule has 1 aromatic carbocycles.